The molecule has 0 atom stereocenters. The van der Waals surface area contributed by atoms with E-state index in [0.717, 1.165) is 0 Å². The zero-order valence-electron chi connectivity index (χ0n) is 11.9. The van der Waals surface area contributed by atoms with Crippen LogP contribution in [0.5, 0.6) is 5.75 Å². The fraction of sp³-hybridized carbons (Fsp3) is 0.333. The first kappa shape index (κ1) is 14.2. The summed E-state index contributed by atoms with van der Waals surface area (Å²) in [5, 5.41) is 2.97. The second kappa shape index (κ2) is 6.32. The molecule has 0 radical (unpaired) electrons. The van der Waals surface area contributed by atoms with Gasteiger partial charge in [0.25, 0.3) is 0 Å². The minimum absolute atomic E-state index is 0.0674. The molecule has 0 aliphatic heterocycles. The van der Waals surface area contributed by atoms with Gasteiger partial charge in [0, 0.05) is 12.1 Å². The highest BCUT2D eigenvalue weighted by molar-refractivity contribution is 5.62. The van der Waals surface area contributed by atoms with E-state index < -0.39 is 5.82 Å². The maximum atomic E-state index is 13.9. The van der Waals surface area contributed by atoms with Crippen LogP contribution in [0.4, 0.5) is 10.3 Å². The number of hydrogen-bond acceptors (Lipinski definition) is 4. The van der Waals surface area contributed by atoms with Crippen LogP contribution >= 0.6 is 0 Å². The molecular weight excluding hydrogens is 257 g/mol. The number of rotatable bonds is 5. The van der Waals surface area contributed by atoms with Gasteiger partial charge in [-0.3, -0.25) is 0 Å². The minimum Gasteiger partial charge on any atom is -0.491 e. The van der Waals surface area contributed by atoms with Gasteiger partial charge in [-0.05, 0) is 32.9 Å². The van der Waals surface area contributed by atoms with Crippen LogP contribution in [0.3, 0.4) is 0 Å². The second-order valence-corrected chi connectivity index (χ2v) is 4.61. The van der Waals surface area contributed by atoms with E-state index in [1.807, 2.05) is 32.9 Å². The van der Waals surface area contributed by atoms with Crippen molar-refractivity contribution in [3.63, 3.8) is 0 Å². The van der Waals surface area contributed by atoms with Gasteiger partial charge in [0.2, 0.25) is 5.95 Å². The Morgan fingerprint density at radius 1 is 1.35 bits per heavy atom. The van der Waals surface area contributed by atoms with E-state index >= 15 is 0 Å². The van der Waals surface area contributed by atoms with Gasteiger partial charge >= 0.3 is 0 Å². The SMILES string of the molecule is CCNc1ncc(F)c(-c2cccc(OC(C)C)c2)n1. The van der Waals surface area contributed by atoms with E-state index in [1.165, 1.54) is 6.20 Å². The Balaban J connectivity index is 2.37. The van der Waals surface area contributed by atoms with Crippen molar-refractivity contribution >= 4 is 5.95 Å². The summed E-state index contributed by atoms with van der Waals surface area (Å²) >= 11 is 0. The first-order valence-electron chi connectivity index (χ1n) is 6.63. The Bertz CT molecular complexity index is 587. The second-order valence-electron chi connectivity index (χ2n) is 4.61. The summed E-state index contributed by atoms with van der Waals surface area (Å²) in [6, 6.07) is 7.24. The van der Waals surface area contributed by atoms with Crippen LogP contribution in [0.2, 0.25) is 0 Å². The van der Waals surface area contributed by atoms with Crippen molar-refractivity contribution in [2.24, 2.45) is 0 Å². The van der Waals surface area contributed by atoms with Gasteiger partial charge in [-0.25, -0.2) is 14.4 Å². The number of aromatic nitrogens is 2. The van der Waals surface area contributed by atoms with Crippen molar-refractivity contribution in [2.75, 3.05) is 11.9 Å². The van der Waals surface area contributed by atoms with Crippen LogP contribution in [0, 0.1) is 5.82 Å². The van der Waals surface area contributed by atoms with E-state index in [-0.39, 0.29) is 11.8 Å². The maximum Gasteiger partial charge on any atom is 0.223 e. The van der Waals surface area contributed by atoms with E-state index in [0.29, 0.717) is 23.8 Å². The van der Waals surface area contributed by atoms with E-state index in [2.05, 4.69) is 15.3 Å². The summed E-state index contributed by atoms with van der Waals surface area (Å²) in [4.78, 5) is 8.10. The molecule has 0 fully saturated rings. The van der Waals surface area contributed by atoms with E-state index in [4.69, 9.17) is 4.74 Å². The van der Waals surface area contributed by atoms with Crippen LogP contribution in [-0.2, 0) is 0 Å². The van der Waals surface area contributed by atoms with Crippen LogP contribution in [-0.4, -0.2) is 22.6 Å². The summed E-state index contributed by atoms with van der Waals surface area (Å²) < 4.78 is 19.5. The lowest BCUT2D eigenvalue weighted by molar-refractivity contribution is 0.242. The maximum absolute atomic E-state index is 13.9. The molecule has 4 nitrogen and oxygen atoms in total. The average molecular weight is 275 g/mol. The van der Waals surface area contributed by atoms with Crippen LogP contribution in [0.1, 0.15) is 20.8 Å². The number of halogens is 1. The minimum atomic E-state index is -0.451. The van der Waals surface area contributed by atoms with Gasteiger partial charge in [-0.1, -0.05) is 12.1 Å². The molecule has 1 heterocycles. The van der Waals surface area contributed by atoms with Crippen molar-refractivity contribution in [2.45, 2.75) is 26.9 Å². The number of hydrogen-bond donors (Lipinski definition) is 1. The standard InChI is InChI=1S/C15H18FN3O/c1-4-17-15-18-9-13(16)14(19-15)11-6-5-7-12(8-11)20-10(2)3/h5-10H,4H2,1-3H3,(H,17,18,19). The average Bonchev–Trinajstić information content (AvgIpc) is 2.41. The molecule has 0 spiro atoms. The number of nitrogens with zero attached hydrogens (tertiary/aromatic N) is 2. The van der Waals surface area contributed by atoms with Crippen LogP contribution < -0.4 is 10.1 Å². The van der Waals surface area contributed by atoms with Gasteiger partial charge in [0.15, 0.2) is 5.82 Å². The van der Waals surface area contributed by atoms with Gasteiger partial charge in [-0.2, -0.15) is 0 Å². The largest absolute Gasteiger partial charge is 0.491 e. The highest BCUT2D eigenvalue weighted by Crippen LogP contribution is 2.25. The number of ether oxygens (including phenoxy) is 1. The first-order valence-corrected chi connectivity index (χ1v) is 6.63. The number of nitrogens with one attached hydrogen (secondary N) is 1. The summed E-state index contributed by atoms with van der Waals surface area (Å²) in [7, 11) is 0. The van der Waals surface area contributed by atoms with Crippen molar-refractivity contribution in [1.29, 1.82) is 0 Å². The Kier molecular flexibility index (Phi) is 4.50. The zero-order valence-corrected chi connectivity index (χ0v) is 11.9. The topological polar surface area (TPSA) is 47.0 Å². The molecule has 0 unspecified atom stereocenters. The fourth-order valence-electron chi connectivity index (χ4n) is 1.80. The molecule has 0 saturated carbocycles. The molecule has 2 aromatic rings. The lowest BCUT2D eigenvalue weighted by atomic mass is 10.1. The molecule has 0 bridgehead atoms. The smallest absolute Gasteiger partial charge is 0.223 e. The summed E-state index contributed by atoms with van der Waals surface area (Å²) in [6.45, 7) is 6.51. The molecule has 2 rings (SSSR count). The third-order valence-electron chi connectivity index (χ3n) is 2.56. The highest BCUT2D eigenvalue weighted by Gasteiger charge is 2.10. The predicted molar refractivity (Wildman–Crippen MR) is 77.4 cm³/mol. The first-order chi connectivity index (χ1) is 9.60. The van der Waals surface area contributed by atoms with Crippen molar-refractivity contribution in [1.82, 2.24) is 9.97 Å². The Morgan fingerprint density at radius 2 is 2.15 bits per heavy atom. The van der Waals surface area contributed by atoms with Crippen molar-refractivity contribution in [3.8, 4) is 17.0 Å². The Hall–Kier alpha value is -2.17. The number of anilines is 1. The monoisotopic (exact) mass is 275 g/mol. The van der Waals surface area contributed by atoms with Gasteiger partial charge in [-0.15, -0.1) is 0 Å². The molecule has 0 aliphatic carbocycles. The Morgan fingerprint density at radius 3 is 2.85 bits per heavy atom. The quantitative estimate of drug-likeness (QED) is 0.907. The molecule has 0 amide bonds. The molecule has 1 N–H and O–H groups in total. The molecule has 106 valence electrons. The normalized spacial score (nSPS) is 10.7. The van der Waals surface area contributed by atoms with Gasteiger partial charge < -0.3 is 10.1 Å². The molecule has 5 heteroatoms. The fourth-order valence-corrected chi connectivity index (χ4v) is 1.80. The molecule has 1 aromatic carbocycles. The summed E-state index contributed by atoms with van der Waals surface area (Å²) in [5.74, 6) is 0.660. The molecule has 20 heavy (non-hydrogen) atoms. The van der Waals surface area contributed by atoms with Gasteiger partial charge in [0.05, 0.1) is 12.3 Å². The van der Waals surface area contributed by atoms with Crippen LogP contribution in [0.15, 0.2) is 30.5 Å². The summed E-state index contributed by atoms with van der Waals surface area (Å²) in [5.41, 5.74) is 0.937. The van der Waals surface area contributed by atoms with E-state index in [9.17, 15) is 4.39 Å². The molecule has 0 saturated heterocycles. The highest BCUT2D eigenvalue weighted by atomic mass is 19.1. The van der Waals surface area contributed by atoms with Crippen molar-refractivity contribution in [3.05, 3.63) is 36.3 Å². The third-order valence-corrected chi connectivity index (χ3v) is 2.56. The molecular formula is C15H18FN3O. The van der Waals surface area contributed by atoms with E-state index in [1.54, 1.807) is 12.1 Å². The number of benzene rings is 1. The Labute approximate surface area is 118 Å². The van der Waals surface area contributed by atoms with Crippen LogP contribution in [0.25, 0.3) is 11.3 Å². The molecule has 0 aliphatic rings. The zero-order chi connectivity index (χ0) is 14.5. The third kappa shape index (κ3) is 3.44. The van der Waals surface area contributed by atoms with Gasteiger partial charge in [0.1, 0.15) is 11.4 Å². The van der Waals surface area contributed by atoms with Crippen molar-refractivity contribution < 1.29 is 9.13 Å². The lowest BCUT2D eigenvalue weighted by Crippen LogP contribution is -2.06. The summed E-state index contributed by atoms with van der Waals surface area (Å²) in [6.07, 6.45) is 1.24. The lowest BCUT2D eigenvalue weighted by Gasteiger charge is -2.11. The predicted octanol–water partition coefficient (Wildman–Crippen LogP) is 3.50. The molecule has 1 aromatic heterocycles.